The van der Waals surface area contributed by atoms with Crippen LogP contribution in [0.1, 0.15) is 19.8 Å². The molecule has 1 fully saturated rings. The van der Waals surface area contributed by atoms with Crippen molar-refractivity contribution >= 4 is 5.91 Å². The predicted octanol–water partition coefficient (Wildman–Crippen LogP) is 0.373. The molecule has 1 saturated heterocycles. The fourth-order valence-corrected chi connectivity index (χ4v) is 2.04. The molecular formula is C12H21N3O2. The van der Waals surface area contributed by atoms with E-state index in [1.165, 1.54) is 0 Å². The first-order valence-corrected chi connectivity index (χ1v) is 6.06. The number of piperidine rings is 1. The number of nitriles is 1. The van der Waals surface area contributed by atoms with Crippen LogP contribution < -0.4 is 5.32 Å². The zero-order valence-electron chi connectivity index (χ0n) is 10.6. The summed E-state index contributed by atoms with van der Waals surface area (Å²) in [5.41, 5.74) is 0. The Balaban J connectivity index is 2.21. The quantitative estimate of drug-likeness (QED) is 0.753. The SMILES string of the molecule is COCC(C)NC(=O)CN1CCC(C#N)CC1. The third-order valence-corrected chi connectivity index (χ3v) is 2.96. The van der Waals surface area contributed by atoms with Crippen molar-refractivity contribution in [3.63, 3.8) is 0 Å². The molecule has 1 N–H and O–H groups in total. The number of ether oxygens (including phenoxy) is 1. The van der Waals surface area contributed by atoms with Gasteiger partial charge >= 0.3 is 0 Å². The number of carbonyl (C=O) groups is 1. The first-order valence-electron chi connectivity index (χ1n) is 6.06. The van der Waals surface area contributed by atoms with E-state index in [0.717, 1.165) is 25.9 Å². The number of amides is 1. The molecule has 0 saturated carbocycles. The van der Waals surface area contributed by atoms with Crippen LogP contribution in [0.3, 0.4) is 0 Å². The number of carbonyl (C=O) groups excluding carboxylic acids is 1. The lowest BCUT2D eigenvalue weighted by molar-refractivity contribution is -0.123. The second-order valence-corrected chi connectivity index (χ2v) is 4.60. The highest BCUT2D eigenvalue weighted by atomic mass is 16.5. The van der Waals surface area contributed by atoms with Gasteiger partial charge in [-0.15, -0.1) is 0 Å². The van der Waals surface area contributed by atoms with E-state index in [1.54, 1.807) is 7.11 Å². The van der Waals surface area contributed by atoms with Crippen LogP contribution in [-0.4, -0.2) is 50.2 Å². The van der Waals surface area contributed by atoms with E-state index in [4.69, 9.17) is 10.00 Å². The van der Waals surface area contributed by atoms with Crippen molar-refractivity contribution < 1.29 is 9.53 Å². The second-order valence-electron chi connectivity index (χ2n) is 4.60. The maximum Gasteiger partial charge on any atom is 0.234 e. The predicted molar refractivity (Wildman–Crippen MR) is 64.3 cm³/mol. The summed E-state index contributed by atoms with van der Waals surface area (Å²) < 4.78 is 4.96. The van der Waals surface area contributed by atoms with Crippen molar-refractivity contribution in [2.45, 2.75) is 25.8 Å². The molecule has 0 aromatic heterocycles. The molecule has 0 aliphatic carbocycles. The minimum atomic E-state index is 0.0324. The van der Waals surface area contributed by atoms with E-state index in [2.05, 4.69) is 16.3 Å². The first kappa shape index (κ1) is 13.9. The average Bonchev–Trinajstić information content (AvgIpc) is 2.30. The molecular weight excluding hydrogens is 218 g/mol. The molecule has 17 heavy (non-hydrogen) atoms. The minimum absolute atomic E-state index is 0.0324. The summed E-state index contributed by atoms with van der Waals surface area (Å²) >= 11 is 0. The monoisotopic (exact) mass is 239 g/mol. The van der Waals surface area contributed by atoms with E-state index in [-0.39, 0.29) is 17.9 Å². The lowest BCUT2D eigenvalue weighted by atomic mass is 9.99. The molecule has 1 rings (SSSR count). The largest absolute Gasteiger partial charge is 0.383 e. The lowest BCUT2D eigenvalue weighted by Gasteiger charge is -2.28. The molecule has 0 spiro atoms. The Kier molecular flexibility index (Phi) is 5.95. The number of hydrogen-bond acceptors (Lipinski definition) is 4. The van der Waals surface area contributed by atoms with E-state index in [9.17, 15) is 4.79 Å². The highest BCUT2D eigenvalue weighted by molar-refractivity contribution is 5.78. The van der Waals surface area contributed by atoms with E-state index >= 15 is 0 Å². The lowest BCUT2D eigenvalue weighted by Crippen LogP contribution is -2.44. The molecule has 1 aliphatic heterocycles. The van der Waals surface area contributed by atoms with Gasteiger partial charge in [0.2, 0.25) is 5.91 Å². The zero-order chi connectivity index (χ0) is 12.7. The Morgan fingerprint density at radius 3 is 2.76 bits per heavy atom. The number of nitrogens with one attached hydrogen (secondary N) is 1. The van der Waals surface area contributed by atoms with Gasteiger partial charge in [-0.25, -0.2) is 0 Å². The molecule has 0 aromatic rings. The smallest absolute Gasteiger partial charge is 0.234 e. The van der Waals surface area contributed by atoms with Gasteiger partial charge in [0.05, 0.1) is 19.2 Å². The highest BCUT2D eigenvalue weighted by Crippen LogP contribution is 2.15. The molecule has 0 bridgehead atoms. The summed E-state index contributed by atoms with van der Waals surface area (Å²) in [6, 6.07) is 2.33. The van der Waals surface area contributed by atoms with Crippen molar-refractivity contribution in [1.29, 1.82) is 5.26 Å². The molecule has 0 aromatic carbocycles. The zero-order valence-corrected chi connectivity index (χ0v) is 10.6. The number of hydrogen-bond donors (Lipinski definition) is 1. The van der Waals surface area contributed by atoms with Gasteiger partial charge in [0.15, 0.2) is 0 Å². The van der Waals surface area contributed by atoms with Crippen molar-refractivity contribution in [1.82, 2.24) is 10.2 Å². The van der Waals surface area contributed by atoms with Crippen molar-refractivity contribution in [2.75, 3.05) is 33.4 Å². The average molecular weight is 239 g/mol. The molecule has 1 heterocycles. The van der Waals surface area contributed by atoms with Gasteiger partial charge in [-0.1, -0.05) is 0 Å². The van der Waals surface area contributed by atoms with Gasteiger partial charge in [-0.2, -0.15) is 5.26 Å². The third-order valence-electron chi connectivity index (χ3n) is 2.96. The van der Waals surface area contributed by atoms with Crippen LogP contribution in [0.4, 0.5) is 0 Å². The molecule has 1 atom stereocenters. The van der Waals surface area contributed by atoms with Gasteiger partial charge in [0.1, 0.15) is 0 Å². The van der Waals surface area contributed by atoms with Crippen molar-refractivity contribution in [3.05, 3.63) is 0 Å². The van der Waals surface area contributed by atoms with Gasteiger partial charge in [0.25, 0.3) is 0 Å². The molecule has 5 heteroatoms. The minimum Gasteiger partial charge on any atom is -0.383 e. The van der Waals surface area contributed by atoms with Crippen molar-refractivity contribution in [2.24, 2.45) is 5.92 Å². The standard InChI is InChI=1S/C12H21N3O2/c1-10(9-17-2)14-12(16)8-15-5-3-11(7-13)4-6-15/h10-11H,3-6,8-9H2,1-2H3,(H,14,16). The van der Waals surface area contributed by atoms with Crippen LogP contribution >= 0.6 is 0 Å². The number of likely N-dealkylation sites (tertiary alicyclic amines) is 1. The molecule has 1 unspecified atom stereocenters. The fourth-order valence-electron chi connectivity index (χ4n) is 2.04. The highest BCUT2D eigenvalue weighted by Gasteiger charge is 2.20. The van der Waals surface area contributed by atoms with Crippen LogP contribution in [0.25, 0.3) is 0 Å². The van der Waals surface area contributed by atoms with Crippen LogP contribution in [0.5, 0.6) is 0 Å². The number of methoxy groups -OCH3 is 1. The topological polar surface area (TPSA) is 65.4 Å². The van der Waals surface area contributed by atoms with Gasteiger partial charge in [-0.3, -0.25) is 9.69 Å². The maximum absolute atomic E-state index is 11.7. The number of nitrogens with zero attached hydrogens (tertiary/aromatic N) is 2. The van der Waals surface area contributed by atoms with Gasteiger partial charge in [-0.05, 0) is 32.9 Å². The third kappa shape index (κ3) is 5.16. The molecule has 96 valence electrons. The summed E-state index contributed by atoms with van der Waals surface area (Å²) in [6.45, 7) is 4.55. The summed E-state index contributed by atoms with van der Waals surface area (Å²) in [5.74, 6) is 0.201. The van der Waals surface area contributed by atoms with Crippen molar-refractivity contribution in [3.8, 4) is 6.07 Å². The number of rotatable bonds is 5. The van der Waals surface area contributed by atoms with Crippen LogP contribution in [-0.2, 0) is 9.53 Å². The Bertz CT molecular complexity index is 280. The normalized spacial score (nSPS) is 19.6. The van der Waals surface area contributed by atoms with Crippen LogP contribution in [0.2, 0.25) is 0 Å². The van der Waals surface area contributed by atoms with E-state index in [0.29, 0.717) is 13.2 Å². The Morgan fingerprint density at radius 2 is 2.24 bits per heavy atom. The van der Waals surface area contributed by atoms with Crippen LogP contribution in [0, 0.1) is 17.2 Å². The molecule has 1 aliphatic rings. The summed E-state index contributed by atoms with van der Waals surface area (Å²) in [4.78, 5) is 13.8. The van der Waals surface area contributed by atoms with E-state index in [1.807, 2.05) is 6.92 Å². The van der Waals surface area contributed by atoms with E-state index < -0.39 is 0 Å². The summed E-state index contributed by atoms with van der Waals surface area (Å²) in [7, 11) is 1.62. The molecule has 1 amide bonds. The Labute approximate surface area is 103 Å². The van der Waals surface area contributed by atoms with Gasteiger partial charge in [0, 0.05) is 19.1 Å². The summed E-state index contributed by atoms with van der Waals surface area (Å²) in [6.07, 6.45) is 1.74. The molecule has 5 nitrogen and oxygen atoms in total. The molecule has 0 radical (unpaired) electrons. The van der Waals surface area contributed by atoms with Gasteiger partial charge < -0.3 is 10.1 Å². The van der Waals surface area contributed by atoms with Crippen LogP contribution in [0.15, 0.2) is 0 Å². The second kappa shape index (κ2) is 7.25. The first-order chi connectivity index (χ1) is 8.15. The summed E-state index contributed by atoms with van der Waals surface area (Å²) in [5, 5.41) is 11.7. The fraction of sp³-hybridized carbons (Fsp3) is 0.833. The Morgan fingerprint density at radius 1 is 1.59 bits per heavy atom. The maximum atomic E-state index is 11.7. The Hall–Kier alpha value is -1.12.